The number of hydrogen-bond acceptors (Lipinski definition) is 3. The van der Waals surface area contributed by atoms with Gasteiger partial charge in [-0.25, -0.2) is 9.37 Å². The Hall–Kier alpha value is -1.53. The molecule has 2 rings (SSSR count). The van der Waals surface area contributed by atoms with Crippen molar-refractivity contribution < 1.29 is 4.39 Å². The van der Waals surface area contributed by atoms with Crippen molar-refractivity contribution in [1.82, 2.24) is 4.98 Å². The van der Waals surface area contributed by atoms with Gasteiger partial charge in [0.1, 0.15) is 16.6 Å². The number of nitrogens with two attached hydrogens (primary N) is 1. The molecule has 0 aliphatic heterocycles. The first-order valence-corrected chi connectivity index (χ1v) is 6.66. The Morgan fingerprint density at radius 2 is 2.16 bits per heavy atom. The maximum atomic E-state index is 13.8. The number of halogens is 2. The smallest absolute Gasteiger partial charge is 0.147 e. The van der Waals surface area contributed by atoms with Gasteiger partial charge >= 0.3 is 0 Å². The van der Waals surface area contributed by atoms with Crippen molar-refractivity contribution in [2.45, 2.75) is 6.92 Å². The van der Waals surface area contributed by atoms with E-state index in [4.69, 9.17) is 18.0 Å². The summed E-state index contributed by atoms with van der Waals surface area (Å²) in [4.78, 5) is 4.39. The topological polar surface area (TPSA) is 50.9 Å². The van der Waals surface area contributed by atoms with Crippen LogP contribution in [0.5, 0.6) is 0 Å². The van der Waals surface area contributed by atoms with E-state index in [9.17, 15) is 4.39 Å². The van der Waals surface area contributed by atoms with E-state index in [2.05, 4.69) is 26.2 Å². The number of hydrogen-bond donors (Lipinski definition) is 2. The minimum atomic E-state index is -0.383. The van der Waals surface area contributed by atoms with Crippen LogP contribution in [0, 0.1) is 12.7 Å². The van der Waals surface area contributed by atoms with Crippen LogP contribution in [0.25, 0.3) is 0 Å². The fourth-order valence-electron chi connectivity index (χ4n) is 1.68. The summed E-state index contributed by atoms with van der Waals surface area (Å²) in [7, 11) is 0. The van der Waals surface area contributed by atoms with Crippen molar-refractivity contribution in [2.75, 3.05) is 5.32 Å². The van der Waals surface area contributed by atoms with Crippen LogP contribution in [-0.4, -0.2) is 9.97 Å². The minimum Gasteiger partial charge on any atom is -0.389 e. The van der Waals surface area contributed by atoms with Crippen LogP contribution in [0.3, 0.4) is 0 Å². The second kappa shape index (κ2) is 5.63. The molecule has 0 amide bonds. The summed E-state index contributed by atoms with van der Waals surface area (Å²) < 4.78 is 14.5. The van der Waals surface area contributed by atoms with Crippen LogP contribution >= 0.6 is 28.1 Å². The van der Waals surface area contributed by atoms with E-state index in [0.717, 1.165) is 5.56 Å². The molecule has 3 nitrogen and oxygen atoms in total. The molecule has 0 unspecified atom stereocenters. The molecular formula is C13H11BrFN3S. The monoisotopic (exact) mass is 339 g/mol. The van der Waals surface area contributed by atoms with Gasteiger partial charge in [-0.2, -0.15) is 0 Å². The third kappa shape index (κ3) is 3.08. The number of rotatable bonds is 3. The standard InChI is InChI=1S/C13H11BrFN3S/c1-7-4-5-17-13(11(7)12(16)19)18-10-3-2-8(14)6-9(10)15/h2-6H,1H3,(H2,16,19)(H,17,18). The van der Waals surface area contributed by atoms with Gasteiger partial charge in [-0.05, 0) is 36.8 Å². The Morgan fingerprint density at radius 3 is 2.79 bits per heavy atom. The van der Waals surface area contributed by atoms with E-state index in [1.165, 1.54) is 6.07 Å². The van der Waals surface area contributed by atoms with Gasteiger partial charge in [-0.3, -0.25) is 0 Å². The van der Waals surface area contributed by atoms with Gasteiger partial charge in [0.15, 0.2) is 0 Å². The lowest BCUT2D eigenvalue weighted by molar-refractivity contribution is 0.631. The van der Waals surface area contributed by atoms with Crippen molar-refractivity contribution in [2.24, 2.45) is 5.73 Å². The zero-order valence-corrected chi connectivity index (χ0v) is 12.5. The average Bonchev–Trinajstić information content (AvgIpc) is 2.32. The lowest BCUT2D eigenvalue weighted by atomic mass is 10.1. The summed E-state index contributed by atoms with van der Waals surface area (Å²) in [5.41, 5.74) is 7.52. The summed E-state index contributed by atoms with van der Waals surface area (Å²) in [6.07, 6.45) is 1.62. The molecule has 0 bridgehead atoms. The van der Waals surface area contributed by atoms with Crippen molar-refractivity contribution in [3.63, 3.8) is 0 Å². The molecule has 1 heterocycles. The normalized spacial score (nSPS) is 10.3. The van der Waals surface area contributed by atoms with Crippen LogP contribution in [-0.2, 0) is 0 Å². The molecule has 0 spiro atoms. The van der Waals surface area contributed by atoms with Crippen LogP contribution in [0.4, 0.5) is 15.9 Å². The molecule has 0 saturated heterocycles. The van der Waals surface area contributed by atoms with E-state index in [0.29, 0.717) is 21.5 Å². The Bertz CT molecular complexity index is 646. The zero-order chi connectivity index (χ0) is 14.0. The molecule has 3 N–H and O–H groups in total. The Balaban J connectivity index is 2.44. The summed E-state index contributed by atoms with van der Waals surface area (Å²) in [6, 6.07) is 6.53. The zero-order valence-electron chi connectivity index (χ0n) is 10.1. The average molecular weight is 340 g/mol. The minimum absolute atomic E-state index is 0.227. The summed E-state index contributed by atoms with van der Waals surface area (Å²) >= 11 is 8.21. The molecule has 0 atom stereocenters. The molecule has 19 heavy (non-hydrogen) atoms. The number of benzene rings is 1. The molecule has 1 aromatic heterocycles. The molecule has 0 radical (unpaired) electrons. The summed E-state index contributed by atoms with van der Waals surface area (Å²) in [5.74, 6) is 0.0697. The Labute approximate surface area is 124 Å². The number of thiocarbonyl (C=S) groups is 1. The number of aromatic nitrogens is 1. The van der Waals surface area contributed by atoms with Crippen LogP contribution in [0.2, 0.25) is 0 Å². The van der Waals surface area contributed by atoms with E-state index in [-0.39, 0.29) is 10.8 Å². The van der Waals surface area contributed by atoms with E-state index >= 15 is 0 Å². The first-order chi connectivity index (χ1) is 8.99. The van der Waals surface area contributed by atoms with Gasteiger partial charge in [-0.15, -0.1) is 0 Å². The fourth-order valence-corrected chi connectivity index (χ4v) is 2.27. The SMILES string of the molecule is Cc1ccnc(Nc2ccc(Br)cc2F)c1C(N)=S. The first-order valence-electron chi connectivity index (χ1n) is 5.46. The number of anilines is 2. The van der Waals surface area contributed by atoms with Gasteiger partial charge < -0.3 is 11.1 Å². The first kappa shape index (κ1) is 13.9. The van der Waals surface area contributed by atoms with Gasteiger partial charge in [0, 0.05) is 10.7 Å². The molecule has 6 heteroatoms. The van der Waals surface area contributed by atoms with Crippen molar-refractivity contribution >= 4 is 44.6 Å². The van der Waals surface area contributed by atoms with Gasteiger partial charge in [0.05, 0.1) is 11.3 Å². The highest BCUT2D eigenvalue weighted by Gasteiger charge is 2.12. The van der Waals surface area contributed by atoms with E-state index in [1.807, 2.05) is 6.92 Å². The van der Waals surface area contributed by atoms with E-state index in [1.54, 1.807) is 24.4 Å². The molecule has 98 valence electrons. The Kier molecular flexibility index (Phi) is 4.11. The third-order valence-electron chi connectivity index (χ3n) is 2.59. The third-order valence-corrected chi connectivity index (χ3v) is 3.29. The highest BCUT2D eigenvalue weighted by atomic mass is 79.9. The fraction of sp³-hybridized carbons (Fsp3) is 0.0769. The van der Waals surface area contributed by atoms with Crippen LogP contribution in [0.15, 0.2) is 34.9 Å². The predicted molar refractivity (Wildman–Crippen MR) is 82.2 cm³/mol. The number of nitrogens with one attached hydrogen (secondary N) is 1. The van der Waals surface area contributed by atoms with Gasteiger partial charge in [0.2, 0.25) is 0 Å². The highest BCUT2D eigenvalue weighted by Crippen LogP contribution is 2.25. The lowest BCUT2D eigenvalue weighted by Gasteiger charge is -2.12. The number of pyridine rings is 1. The summed E-state index contributed by atoms with van der Waals surface area (Å²) in [6.45, 7) is 1.87. The lowest BCUT2D eigenvalue weighted by Crippen LogP contribution is -2.15. The van der Waals surface area contributed by atoms with Crippen molar-refractivity contribution in [3.8, 4) is 0 Å². The van der Waals surface area contributed by atoms with E-state index < -0.39 is 0 Å². The maximum Gasteiger partial charge on any atom is 0.147 e. The molecule has 2 aromatic rings. The second-order valence-corrected chi connectivity index (χ2v) is 5.32. The molecule has 0 saturated carbocycles. The quantitative estimate of drug-likeness (QED) is 0.837. The second-order valence-electron chi connectivity index (χ2n) is 3.96. The number of aryl methyl sites for hydroxylation is 1. The van der Waals surface area contributed by atoms with Crippen LogP contribution in [0.1, 0.15) is 11.1 Å². The van der Waals surface area contributed by atoms with Crippen LogP contribution < -0.4 is 11.1 Å². The van der Waals surface area contributed by atoms with Crippen molar-refractivity contribution in [3.05, 3.63) is 51.9 Å². The maximum absolute atomic E-state index is 13.8. The summed E-state index contributed by atoms with van der Waals surface area (Å²) in [5, 5.41) is 2.92. The molecule has 1 aromatic carbocycles. The van der Waals surface area contributed by atoms with Crippen molar-refractivity contribution in [1.29, 1.82) is 0 Å². The highest BCUT2D eigenvalue weighted by molar-refractivity contribution is 9.10. The molecule has 0 aliphatic carbocycles. The Morgan fingerprint density at radius 1 is 1.42 bits per heavy atom. The largest absolute Gasteiger partial charge is 0.389 e. The van der Waals surface area contributed by atoms with Gasteiger partial charge in [0.25, 0.3) is 0 Å². The predicted octanol–water partition coefficient (Wildman–Crippen LogP) is 3.67. The molecule has 0 fully saturated rings. The molecular weight excluding hydrogens is 329 g/mol. The van der Waals surface area contributed by atoms with Gasteiger partial charge in [-0.1, -0.05) is 28.1 Å². The molecule has 0 aliphatic rings. The number of nitrogens with zero attached hydrogens (tertiary/aromatic N) is 1.